The van der Waals surface area contributed by atoms with Crippen molar-refractivity contribution in [1.29, 1.82) is 0 Å². The van der Waals surface area contributed by atoms with Crippen LogP contribution in [0.2, 0.25) is 0 Å². The number of aromatic amines is 1. The number of carbonyl (C=O) groups excluding carboxylic acids is 3. The average Bonchev–Trinajstić information content (AvgIpc) is 3.68. The normalized spacial score (nSPS) is 34.7. The van der Waals surface area contributed by atoms with Gasteiger partial charge in [0.1, 0.15) is 29.3 Å². The molecule has 6 saturated carbocycles. The van der Waals surface area contributed by atoms with Gasteiger partial charge in [-0.05, 0) is 58.6 Å². The second-order valence-electron chi connectivity index (χ2n) is 12.3. The molecule has 6 fully saturated rings. The van der Waals surface area contributed by atoms with E-state index in [1.54, 1.807) is 24.5 Å². The predicted molar refractivity (Wildman–Crippen MR) is 138 cm³/mol. The van der Waals surface area contributed by atoms with Crippen LogP contribution in [0.15, 0.2) is 36.8 Å². The summed E-state index contributed by atoms with van der Waals surface area (Å²) in [5.41, 5.74) is 1.31. The van der Waals surface area contributed by atoms with Gasteiger partial charge in [0.2, 0.25) is 0 Å². The summed E-state index contributed by atoms with van der Waals surface area (Å²) in [6.07, 6.45) is 2.56. The average molecular weight is 568 g/mol. The van der Waals surface area contributed by atoms with E-state index in [0.29, 0.717) is 59.1 Å². The number of aromatic nitrogens is 6. The molecular formula is C28H22FN9O4. The van der Waals surface area contributed by atoms with Gasteiger partial charge in [0.25, 0.3) is 17.7 Å². The number of H-pyrrole nitrogens is 1. The van der Waals surface area contributed by atoms with Crippen LogP contribution in [-0.2, 0) is 16.8 Å². The molecule has 1 aliphatic heterocycles. The highest BCUT2D eigenvalue weighted by Crippen LogP contribution is 3.09. The standard InChI is InChI=1S/C28H22FN9O4/c29-11-6-34-38-14(4-13(36-23(11)38)24(40)30-5-10-1-2-15-12(3-10)35-16(39)7-42-15)25(41)31-8-27-17-20-18(27)22-19(27)21(17)28(20,22)26-32-9-33-37-26/h1-4,6,9,17-22H,5,7-8H2,(H,30,40)(H,31,41)(H,35,39)(H,32,33,37). The van der Waals surface area contributed by atoms with Crippen molar-refractivity contribution in [1.82, 2.24) is 40.4 Å². The molecule has 4 aromatic rings. The number of fused-ring (bicyclic) bond motifs is 2. The van der Waals surface area contributed by atoms with Gasteiger partial charge in [0.15, 0.2) is 18.1 Å². The maximum Gasteiger partial charge on any atom is 0.270 e. The number of hydrogen-bond acceptors (Lipinski definition) is 8. The van der Waals surface area contributed by atoms with E-state index >= 15 is 0 Å². The minimum atomic E-state index is -0.733. The van der Waals surface area contributed by atoms with E-state index in [1.807, 2.05) is 0 Å². The van der Waals surface area contributed by atoms with Gasteiger partial charge in [-0.2, -0.15) is 10.2 Å². The molecule has 0 unspecified atom stereocenters. The monoisotopic (exact) mass is 567 g/mol. The summed E-state index contributed by atoms with van der Waals surface area (Å²) < 4.78 is 21.1. The Bertz CT molecular complexity index is 1870. The molecule has 0 atom stereocenters. The second kappa shape index (κ2) is 7.12. The van der Waals surface area contributed by atoms with E-state index in [2.05, 4.69) is 41.2 Å². The molecule has 210 valence electrons. The molecule has 0 saturated heterocycles. The third-order valence-corrected chi connectivity index (χ3v) is 11.2. The highest BCUT2D eigenvalue weighted by atomic mass is 19.1. The zero-order valence-corrected chi connectivity index (χ0v) is 21.8. The maximum absolute atomic E-state index is 14.6. The lowest BCUT2D eigenvalue weighted by Gasteiger charge is -3.11. The van der Waals surface area contributed by atoms with Gasteiger partial charge in [-0.25, -0.2) is 18.9 Å². The SMILES string of the molecule is O=C1COc2ccc(CNC(=O)c3cc(C(=O)NCC45C6C7C4C4C5C6C74c4ncn[nH]4)n4ncc(F)c4n3)cc2N1. The van der Waals surface area contributed by atoms with Crippen LogP contribution in [0.1, 0.15) is 32.4 Å². The van der Waals surface area contributed by atoms with Crippen LogP contribution in [0.25, 0.3) is 5.65 Å². The number of nitrogens with zero attached hydrogens (tertiary/aromatic N) is 5. The van der Waals surface area contributed by atoms with Crippen molar-refractivity contribution in [2.24, 2.45) is 40.9 Å². The van der Waals surface area contributed by atoms with Gasteiger partial charge < -0.3 is 20.7 Å². The molecule has 0 radical (unpaired) electrons. The maximum atomic E-state index is 14.6. The van der Waals surface area contributed by atoms with Crippen molar-refractivity contribution in [3.05, 3.63) is 65.4 Å². The van der Waals surface area contributed by atoms with E-state index in [0.717, 1.165) is 16.5 Å². The van der Waals surface area contributed by atoms with Crippen molar-refractivity contribution in [3.63, 3.8) is 0 Å². The summed E-state index contributed by atoms with van der Waals surface area (Å²) in [4.78, 5) is 46.8. The largest absolute Gasteiger partial charge is 0.482 e. The Morgan fingerprint density at radius 1 is 1.10 bits per heavy atom. The van der Waals surface area contributed by atoms with Crippen LogP contribution >= 0.6 is 0 Å². The zero-order chi connectivity index (χ0) is 28.1. The Labute approximate surface area is 235 Å². The van der Waals surface area contributed by atoms with Gasteiger partial charge in [-0.1, -0.05) is 6.07 Å². The molecule has 3 aromatic heterocycles. The summed E-state index contributed by atoms with van der Waals surface area (Å²) in [5.74, 6) is 3.27. The van der Waals surface area contributed by atoms with Crippen molar-refractivity contribution in [2.75, 3.05) is 18.5 Å². The fourth-order valence-corrected chi connectivity index (χ4v) is 10.0. The lowest BCUT2D eigenvalue weighted by Crippen LogP contribution is -3.12. The molecular weight excluding hydrogens is 545 g/mol. The van der Waals surface area contributed by atoms with Gasteiger partial charge >= 0.3 is 0 Å². The zero-order valence-electron chi connectivity index (χ0n) is 21.8. The summed E-state index contributed by atoms with van der Waals surface area (Å²) in [5, 5.41) is 19.7. The lowest BCUT2D eigenvalue weighted by atomic mass is 8.92. The topological polar surface area (TPSA) is 168 Å². The van der Waals surface area contributed by atoms with Crippen LogP contribution in [0.5, 0.6) is 5.75 Å². The first-order valence-corrected chi connectivity index (χ1v) is 14.0. The van der Waals surface area contributed by atoms with E-state index in [4.69, 9.17) is 4.74 Å². The summed E-state index contributed by atoms with van der Waals surface area (Å²) in [7, 11) is 0. The number of benzene rings is 1. The Balaban J connectivity index is 0.860. The molecule has 42 heavy (non-hydrogen) atoms. The van der Waals surface area contributed by atoms with E-state index < -0.39 is 17.6 Å². The molecule has 4 heterocycles. The fraction of sp³-hybridized carbons (Fsp3) is 0.393. The third kappa shape index (κ3) is 2.27. The lowest BCUT2D eigenvalue weighted by molar-refractivity contribution is -0.627. The highest BCUT2D eigenvalue weighted by molar-refractivity contribution is 5.98. The first-order chi connectivity index (χ1) is 20.4. The highest BCUT2D eigenvalue weighted by Gasteiger charge is 3.10. The Kier molecular flexibility index (Phi) is 3.86. The number of nitrogens with one attached hydrogen (secondary N) is 4. The van der Waals surface area contributed by atoms with E-state index in [1.165, 1.54) is 6.07 Å². The predicted octanol–water partition coefficient (Wildman–Crippen LogP) is 0.667. The molecule has 0 spiro atoms. The molecule has 1 aromatic carbocycles. The Morgan fingerprint density at radius 3 is 2.67 bits per heavy atom. The summed E-state index contributed by atoms with van der Waals surface area (Å²) in [6.45, 7) is 0.617. The molecule has 7 aliphatic rings. The minimum Gasteiger partial charge on any atom is -0.482 e. The first-order valence-electron chi connectivity index (χ1n) is 14.0. The number of anilines is 1. The quantitative estimate of drug-likeness (QED) is 0.253. The van der Waals surface area contributed by atoms with Crippen LogP contribution in [0, 0.1) is 46.7 Å². The molecule has 14 heteroatoms. The number of halogens is 1. The molecule has 11 rings (SSSR count). The second-order valence-corrected chi connectivity index (χ2v) is 12.3. The number of rotatable bonds is 7. The Hall–Kier alpha value is -4.88. The van der Waals surface area contributed by atoms with Gasteiger partial charge in [0.05, 0.1) is 11.9 Å². The fourth-order valence-electron chi connectivity index (χ4n) is 10.0. The minimum absolute atomic E-state index is 0.0396. The number of ether oxygens (including phenoxy) is 1. The molecule has 13 nitrogen and oxygen atoms in total. The summed E-state index contributed by atoms with van der Waals surface area (Å²) >= 11 is 0. The van der Waals surface area contributed by atoms with E-state index in [9.17, 15) is 18.8 Å². The van der Waals surface area contributed by atoms with Crippen LogP contribution in [-0.4, -0.2) is 60.7 Å². The smallest absolute Gasteiger partial charge is 0.270 e. The third-order valence-electron chi connectivity index (χ3n) is 11.2. The molecule has 6 aliphatic carbocycles. The number of amides is 3. The van der Waals surface area contributed by atoms with Crippen LogP contribution < -0.4 is 20.7 Å². The van der Waals surface area contributed by atoms with Crippen molar-refractivity contribution in [2.45, 2.75) is 12.0 Å². The molecule has 0 bridgehead atoms. The molecule has 3 amide bonds. The van der Waals surface area contributed by atoms with Crippen LogP contribution in [0.3, 0.4) is 0 Å². The van der Waals surface area contributed by atoms with Crippen molar-refractivity contribution < 1.29 is 23.5 Å². The number of hydrogen-bond donors (Lipinski definition) is 4. The summed E-state index contributed by atoms with van der Waals surface area (Å²) in [6, 6.07) is 6.51. The van der Waals surface area contributed by atoms with Crippen molar-refractivity contribution >= 4 is 29.1 Å². The van der Waals surface area contributed by atoms with Crippen molar-refractivity contribution in [3.8, 4) is 5.75 Å². The van der Waals surface area contributed by atoms with Crippen LogP contribution in [0.4, 0.5) is 10.1 Å². The van der Waals surface area contributed by atoms with Gasteiger partial charge in [-0.3, -0.25) is 19.5 Å². The van der Waals surface area contributed by atoms with E-state index in [-0.39, 0.29) is 46.9 Å². The van der Waals surface area contributed by atoms with Gasteiger partial charge in [-0.15, -0.1) is 0 Å². The van der Waals surface area contributed by atoms with Gasteiger partial charge in [0, 0.05) is 24.6 Å². The first kappa shape index (κ1) is 22.8. The number of carbonyl (C=O) groups is 3. The Morgan fingerprint density at radius 2 is 1.90 bits per heavy atom. The molecule has 4 N–H and O–H groups in total.